The van der Waals surface area contributed by atoms with Crippen LogP contribution in [-0.2, 0) is 19.6 Å². The van der Waals surface area contributed by atoms with Crippen molar-refractivity contribution in [2.75, 3.05) is 10.7 Å². The van der Waals surface area contributed by atoms with Gasteiger partial charge in [-0.05, 0) is 30.3 Å². The summed E-state index contributed by atoms with van der Waals surface area (Å²) in [5.74, 6) is -1.43. The molecule has 9 nitrogen and oxygen atoms in total. The van der Waals surface area contributed by atoms with Crippen LogP contribution in [0.4, 0.5) is 5.69 Å². The highest BCUT2D eigenvalue weighted by Gasteiger charge is 2.60. The summed E-state index contributed by atoms with van der Waals surface area (Å²) in [7, 11) is -3.93. The zero-order chi connectivity index (χ0) is 23.5. The SMILES string of the molecule is NS(=O)(=O)c1ccc(N2C(=O)C[C@@]3(CSc4[nH]c(=O)sc4[C@@H]3c3ccccc3O)C2=O)cc1. The lowest BCUT2D eigenvalue weighted by Crippen LogP contribution is -2.43. The fourth-order valence-corrected chi connectivity index (χ4v) is 7.54. The number of hydrogen-bond acceptors (Lipinski definition) is 8. The number of para-hydroxylation sites is 1. The van der Waals surface area contributed by atoms with E-state index in [4.69, 9.17) is 5.14 Å². The molecule has 5 rings (SSSR count). The first-order valence-corrected chi connectivity index (χ1v) is 13.1. The number of aromatic amines is 1. The molecule has 0 saturated carbocycles. The predicted octanol–water partition coefficient (Wildman–Crippen LogP) is 1.98. The topological polar surface area (TPSA) is 151 Å². The number of imide groups is 1. The fraction of sp³-hybridized carbons (Fsp3) is 0.190. The van der Waals surface area contributed by atoms with Gasteiger partial charge in [-0.1, -0.05) is 29.5 Å². The molecule has 0 radical (unpaired) electrons. The number of carbonyl (C=O) groups is 2. The van der Waals surface area contributed by atoms with Crippen molar-refractivity contribution in [2.45, 2.75) is 22.3 Å². The van der Waals surface area contributed by atoms with E-state index < -0.39 is 33.2 Å². The van der Waals surface area contributed by atoms with Gasteiger partial charge < -0.3 is 10.1 Å². The quantitative estimate of drug-likeness (QED) is 0.462. The Balaban J connectivity index is 1.64. The fourth-order valence-electron chi connectivity index (χ4n) is 4.47. The number of aromatic nitrogens is 1. The number of anilines is 1. The molecular weight excluding hydrogens is 486 g/mol. The summed E-state index contributed by atoms with van der Waals surface area (Å²) < 4.78 is 23.1. The van der Waals surface area contributed by atoms with E-state index in [0.717, 1.165) is 16.2 Å². The van der Waals surface area contributed by atoms with Crippen molar-refractivity contribution in [3.63, 3.8) is 0 Å². The maximum absolute atomic E-state index is 13.9. The third-order valence-corrected chi connectivity index (χ3v) is 9.22. The lowest BCUT2D eigenvalue weighted by atomic mass is 9.70. The van der Waals surface area contributed by atoms with Crippen LogP contribution in [0.5, 0.6) is 5.75 Å². The molecule has 1 spiro atoms. The summed E-state index contributed by atoms with van der Waals surface area (Å²) in [4.78, 5) is 43.2. The number of nitrogens with one attached hydrogen (secondary N) is 1. The highest BCUT2D eigenvalue weighted by atomic mass is 32.2. The van der Waals surface area contributed by atoms with Crippen molar-refractivity contribution in [1.82, 2.24) is 4.98 Å². The van der Waals surface area contributed by atoms with E-state index in [9.17, 15) is 27.9 Å². The third-order valence-electron chi connectivity index (χ3n) is 5.95. The largest absolute Gasteiger partial charge is 0.508 e. The molecule has 0 bridgehead atoms. The van der Waals surface area contributed by atoms with E-state index in [1.165, 1.54) is 42.1 Å². The Morgan fingerprint density at radius 3 is 2.45 bits per heavy atom. The standard InChI is InChI=1S/C21H17N3O6S3/c22-33(29,30)12-7-5-11(6-8-12)24-15(26)9-21(19(24)27)10-31-18-17(32-20(28)23-18)16(21)13-3-1-2-4-14(13)25/h1-8,16,25H,9-10H2,(H,23,28)(H2,22,29,30)/t16-,21-/m0/s1. The summed E-state index contributed by atoms with van der Waals surface area (Å²) in [6, 6.07) is 11.8. The molecule has 12 heteroatoms. The highest BCUT2D eigenvalue weighted by molar-refractivity contribution is 7.99. The minimum atomic E-state index is -3.93. The summed E-state index contributed by atoms with van der Waals surface area (Å²) in [6.07, 6.45) is -0.125. The number of amides is 2. The molecule has 2 aliphatic heterocycles. The number of phenolic OH excluding ortho intramolecular Hbond substituents is 1. The number of benzene rings is 2. The smallest absolute Gasteiger partial charge is 0.305 e. The average Bonchev–Trinajstić information content (AvgIpc) is 3.25. The van der Waals surface area contributed by atoms with Crippen LogP contribution in [0.25, 0.3) is 0 Å². The van der Waals surface area contributed by atoms with E-state index in [0.29, 0.717) is 15.5 Å². The molecule has 3 aromatic rings. The second-order valence-corrected chi connectivity index (χ2v) is 11.5. The van der Waals surface area contributed by atoms with Gasteiger partial charge in [0.25, 0.3) is 0 Å². The average molecular weight is 504 g/mol. The summed E-state index contributed by atoms with van der Waals surface area (Å²) >= 11 is 2.26. The second-order valence-electron chi connectivity index (χ2n) is 7.89. The second kappa shape index (κ2) is 7.55. The molecular formula is C21H17N3O6S3. The molecule has 2 atom stereocenters. The molecule has 1 saturated heterocycles. The van der Waals surface area contributed by atoms with Crippen LogP contribution in [0.15, 0.2) is 63.2 Å². The third kappa shape index (κ3) is 3.41. The monoisotopic (exact) mass is 503 g/mol. The van der Waals surface area contributed by atoms with Crippen molar-refractivity contribution in [3.05, 3.63) is 68.6 Å². The molecule has 3 heterocycles. The van der Waals surface area contributed by atoms with Gasteiger partial charge in [0.15, 0.2) is 0 Å². The molecule has 33 heavy (non-hydrogen) atoms. The number of nitrogens with zero attached hydrogens (tertiary/aromatic N) is 1. The number of nitrogens with two attached hydrogens (primary N) is 1. The van der Waals surface area contributed by atoms with Gasteiger partial charge in [-0.25, -0.2) is 18.5 Å². The molecule has 0 unspecified atom stereocenters. The van der Waals surface area contributed by atoms with E-state index in [-0.39, 0.29) is 33.4 Å². The first-order valence-electron chi connectivity index (χ1n) is 9.76. The van der Waals surface area contributed by atoms with Crippen LogP contribution in [0.3, 0.4) is 0 Å². The Labute approximate surface area is 196 Å². The van der Waals surface area contributed by atoms with Crippen LogP contribution in [-0.4, -0.2) is 36.1 Å². The molecule has 170 valence electrons. The Morgan fingerprint density at radius 1 is 1.09 bits per heavy atom. The molecule has 4 N–H and O–H groups in total. The number of aromatic hydroxyl groups is 1. The summed E-state index contributed by atoms with van der Waals surface area (Å²) in [5.41, 5.74) is -0.539. The first-order chi connectivity index (χ1) is 15.6. The first kappa shape index (κ1) is 21.9. The number of rotatable bonds is 3. The number of thioether (sulfide) groups is 1. The van der Waals surface area contributed by atoms with Crippen molar-refractivity contribution in [1.29, 1.82) is 0 Å². The zero-order valence-corrected chi connectivity index (χ0v) is 19.3. The number of phenols is 1. The van der Waals surface area contributed by atoms with E-state index in [1.54, 1.807) is 18.2 Å². The minimum absolute atomic E-state index is 0.0308. The Bertz CT molecular complexity index is 1460. The van der Waals surface area contributed by atoms with E-state index in [2.05, 4.69) is 4.98 Å². The van der Waals surface area contributed by atoms with Gasteiger partial charge in [0.1, 0.15) is 5.75 Å². The van der Waals surface area contributed by atoms with Crippen molar-refractivity contribution in [3.8, 4) is 5.75 Å². The van der Waals surface area contributed by atoms with Gasteiger partial charge >= 0.3 is 4.87 Å². The van der Waals surface area contributed by atoms with Gasteiger partial charge in [0.2, 0.25) is 21.8 Å². The minimum Gasteiger partial charge on any atom is -0.508 e. The van der Waals surface area contributed by atoms with Crippen LogP contribution in [0.2, 0.25) is 0 Å². The number of H-pyrrole nitrogens is 1. The number of thiazole rings is 1. The van der Waals surface area contributed by atoms with E-state index >= 15 is 0 Å². The zero-order valence-electron chi connectivity index (χ0n) is 16.8. The number of hydrogen-bond donors (Lipinski definition) is 3. The lowest BCUT2D eigenvalue weighted by Gasteiger charge is -2.38. The Kier molecular flexibility index (Phi) is 5.01. The number of fused-ring (bicyclic) bond motifs is 1. The van der Waals surface area contributed by atoms with Crippen LogP contribution < -0.4 is 14.9 Å². The maximum Gasteiger partial charge on any atom is 0.305 e. The van der Waals surface area contributed by atoms with Gasteiger partial charge in [0, 0.05) is 28.5 Å². The Hall–Kier alpha value is -2.93. The highest BCUT2D eigenvalue weighted by Crippen LogP contribution is 2.58. The number of carbonyl (C=O) groups excluding carboxylic acids is 2. The van der Waals surface area contributed by atoms with E-state index in [1.807, 2.05) is 0 Å². The van der Waals surface area contributed by atoms with Gasteiger partial charge in [-0.2, -0.15) is 0 Å². The molecule has 1 fully saturated rings. The normalized spacial score (nSPS) is 22.7. The van der Waals surface area contributed by atoms with Gasteiger partial charge in [-0.15, -0.1) is 11.8 Å². The number of sulfonamides is 1. The summed E-state index contributed by atoms with van der Waals surface area (Å²) in [6.45, 7) is 0. The maximum atomic E-state index is 13.9. The molecule has 2 aromatic carbocycles. The van der Waals surface area contributed by atoms with Crippen LogP contribution >= 0.6 is 23.1 Å². The molecule has 0 aliphatic carbocycles. The molecule has 2 amide bonds. The lowest BCUT2D eigenvalue weighted by molar-refractivity contribution is -0.125. The van der Waals surface area contributed by atoms with Crippen molar-refractivity contribution < 1.29 is 23.1 Å². The number of primary sulfonamides is 1. The van der Waals surface area contributed by atoms with Gasteiger partial charge in [0.05, 0.1) is 21.0 Å². The summed E-state index contributed by atoms with van der Waals surface area (Å²) in [5, 5.41) is 16.4. The molecule has 2 aliphatic rings. The predicted molar refractivity (Wildman–Crippen MR) is 123 cm³/mol. The Morgan fingerprint density at radius 2 is 1.79 bits per heavy atom. The van der Waals surface area contributed by atoms with Gasteiger partial charge in [-0.3, -0.25) is 14.4 Å². The van der Waals surface area contributed by atoms with Crippen LogP contribution in [0.1, 0.15) is 22.8 Å². The van der Waals surface area contributed by atoms with Crippen LogP contribution in [0, 0.1) is 5.41 Å². The molecule has 1 aromatic heterocycles. The van der Waals surface area contributed by atoms with Crippen molar-refractivity contribution >= 4 is 50.6 Å². The van der Waals surface area contributed by atoms with Crippen molar-refractivity contribution in [2.24, 2.45) is 10.6 Å².